The Hall–Kier alpha value is -2.21. The number of halogens is 3. The molecular formula is C14H10ClF2NO3. The van der Waals surface area contributed by atoms with Gasteiger partial charge in [-0.25, -0.2) is 8.78 Å². The first-order valence-corrected chi connectivity index (χ1v) is 6.43. The molecule has 0 atom stereocenters. The number of alkyl halides is 1. The zero-order valence-electron chi connectivity index (χ0n) is 10.9. The van der Waals surface area contributed by atoms with Crippen molar-refractivity contribution >= 4 is 17.3 Å². The predicted octanol–water partition coefficient (Wildman–Crippen LogP) is 4.71. The van der Waals surface area contributed by atoms with Crippen LogP contribution in [0.2, 0.25) is 0 Å². The van der Waals surface area contributed by atoms with Crippen LogP contribution in [0.15, 0.2) is 30.3 Å². The minimum Gasteiger partial charge on any atom is -0.444 e. The summed E-state index contributed by atoms with van der Waals surface area (Å²) >= 11 is 5.51. The highest BCUT2D eigenvalue weighted by Crippen LogP contribution is 2.36. The van der Waals surface area contributed by atoms with Gasteiger partial charge in [-0.15, -0.1) is 11.6 Å². The minimum absolute atomic E-state index is 0.0568. The van der Waals surface area contributed by atoms with Gasteiger partial charge in [0.25, 0.3) is 0 Å². The van der Waals surface area contributed by atoms with Gasteiger partial charge in [-0.05, 0) is 30.7 Å². The molecule has 21 heavy (non-hydrogen) atoms. The number of nitro benzene ring substituents is 1. The average Bonchev–Trinajstić information content (AvgIpc) is 2.42. The maximum atomic E-state index is 13.8. The van der Waals surface area contributed by atoms with Crippen LogP contribution in [0.5, 0.6) is 11.5 Å². The Bertz CT molecular complexity index is 684. The van der Waals surface area contributed by atoms with Crippen molar-refractivity contribution in [3.63, 3.8) is 0 Å². The second-order valence-corrected chi connectivity index (χ2v) is 4.57. The highest BCUT2D eigenvalue weighted by atomic mass is 35.5. The van der Waals surface area contributed by atoms with Crippen LogP contribution in [0, 0.1) is 28.7 Å². The van der Waals surface area contributed by atoms with E-state index in [1.165, 1.54) is 25.1 Å². The van der Waals surface area contributed by atoms with Crippen molar-refractivity contribution < 1.29 is 18.4 Å². The van der Waals surface area contributed by atoms with Crippen molar-refractivity contribution in [2.24, 2.45) is 0 Å². The molecule has 2 aromatic rings. The molecule has 0 aromatic heterocycles. The van der Waals surface area contributed by atoms with Crippen LogP contribution >= 0.6 is 11.6 Å². The van der Waals surface area contributed by atoms with Crippen molar-refractivity contribution in [3.05, 3.63) is 63.2 Å². The number of hydrogen-bond donors (Lipinski definition) is 0. The van der Waals surface area contributed by atoms with Gasteiger partial charge in [0.2, 0.25) is 5.75 Å². The van der Waals surface area contributed by atoms with E-state index in [0.717, 1.165) is 12.1 Å². The maximum absolute atomic E-state index is 13.8. The number of rotatable bonds is 4. The van der Waals surface area contributed by atoms with Gasteiger partial charge >= 0.3 is 5.69 Å². The van der Waals surface area contributed by atoms with Crippen molar-refractivity contribution in [1.29, 1.82) is 0 Å². The first-order chi connectivity index (χ1) is 9.93. The normalized spacial score (nSPS) is 10.5. The molecular weight excluding hydrogens is 304 g/mol. The molecule has 0 unspecified atom stereocenters. The fourth-order valence-electron chi connectivity index (χ4n) is 1.85. The van der Waals surface area contributed by atoms with E-state index in [9.17, 15) is 18.9 Å². The van der Waals surface area contributed by atoms with Gasteiger partial charge in [0.05, 0.1) is 4.92 Å². The lowest BCUT2D eigenvalue weighted by Gasteiger charge is -2.10. The summed E-state index contributed by atoms with van der Waals surface area (Å²) in [5.41, 5.74) is 0.242. The Morgan fingerprint density at radius 2 is 1.90 bits per heavy atom. The molecule has 0 amide bonds. The number of benzene rings is 2. The van der Waals surface area contributed by atoms with E-state index < -0.39 is 22.3 Å². The topological polar surface area (TPSA) is 52.4 Å². The Morgan fingerprint density at radius 3 is 2.43 bits per heavy atom. The van der Waals surface area contributed by atoms with Gasteiger partial charge in [0, 0.05) is 11.4 Å². The van der Waals surface area contributed by atoms with Crippen molar-refractivity contribution in [2.75, 3.05) is 0 Å². The summed E-state index contributed by atoms with van der Waals surface area (Å²) in [4.78, 5) is 10.4. The lowest BCUT2D eigenvalue weighted by Crippen LogP contribution is -1.99. The van der Waals surface area contributed by atoms with Crippen LogP contribution < -0.4 is 4.74 Å². The summed E-state index contributed by atoms with van der Waals surface area (Å²) in [5, 5.41) is 11.0. The van der Waals surface area contributed by atoms with Crippen LogP contribution in [-0.2, 0) is 5.88 Å². The SMILES string of the molecule is Cc1cccc(Oc2c(F)cc(CCl)cc2F)c1[N+](=O)[O-]. The van der Waals surface area contributed by atoms with E-state index in [4.69, 9.17) is 16.3 Å². The molecule has 7 heteroatoms. The standard InChI is InChI=1S/C14H10ClF2NO3/c1-8-3-2-4-12(13(8)18(19)20)21-14-10(16)5-9(7-15)6-11(14)17/h2-6H,7H2,1H3. The number of nitrogens with zero attached hydrogens (tertiary/aromatic N) is 1. The molecule has 0 bridgehead atoms. The molecule has 0 saturated carbocycles. The average molecular weight is 314 g/mol. The third-order valence-corrected chi connectivity index (χ3v) is 3.12. The van der Waals surface area contributed by atoms with Crippen molar-refractivity contribution in [2.45, 2.75) is 12.8 Å². The van der Waals surface area contributed by atoms with E-state index in [1.807, 2.05) is 0 Å². The van der Waals surface area contributed by atoms with Crippen LogP contribution in [0.1, 0.15) is 11.1 Å². The highest BCUT2D eigenvalue weighted by Gasteiger charge is 2.22. The summed E-state index contributed by atoms with van der Waals surface area (Å²) in [7, 11) is 0. The molecule has 0 aliphatic carbocycles. The Labute approximate surface area is 124 Å². The number of ether oxygens (including phenoxy) is 1. The lowest BCUT2D eigenvalue weighted by atomic mass is 10.2. The second-order valence-electron chi connectivity index (χ2n) is 4.30. The highest BCUT2D eigenvalue weighted by molar-refractivity contribution is 6.17. The van der Waals surface area contributed by atoms with Gasteiger partial charge in [0.1, 0.15) is 0 Å². The number of para-hydroxylation sites is 1. The molecule has 0 heterocycles. The minimum atomic E-state index is -0.971. The summed E-state index contributed by atoms with van der Waals surface area (Å²) in [6, 6.07) is 6.33. The van der Waals surface area contributed by atoms with Gasteiger partial charge in [-0.2, -0.15) is 0 Å². The molecule has 0 aliphatic heterocycles. The Kier molecular flexibility index (Phi) is 4.37. The predicted molar refractivity (Wildman–Crippen MR) is 73.8 cm³/mol. The molecule has 0 aliphatic rings. The molecule has 0 fully saturated rings. The van der Waals surface area contributed by atoms with Gasteiger partial charge in [-0.1, -0.05) is 12.1 Å². The first-order valence-electron chi connectivity index (χ1n) is 5.89. The monoisotopic (exact) mass is 313 g/mol. The fraction of sp³-hybridized carbons (Fsp3) is 0.143. The smallest absolute Gasteiger partial charge is 0.314 e. The summed E-state index contributed by atoms with van der Waals surface area (Å²) in [5.74, 6) is -2.92. The second kappa shape index (κ2) is 6.05. The van der Waals surface area contributed by atoms with Gasteiger partial charge in [0.15, 0.2) is 17.4 Å². The molecule has 2 aromatic carbocycles. The quantitative estimate of drug-likeness (QED) is 0.466. The van der Waals surface area contributed by atoms with E-state index in [2.05, 4.69) is 0 Å². The van der Waals surface area contributed by atoms with E-state index in [0.29, 0.717) is 5.56 Å². The van der Waals surface area contributed by atoms with Crippen LogP contribution in [0.4, 0.5) is 14.5 Å². The van der Waals surface area contributed by atoms with E-state index in [1.54, 1.807) is 0 Å². The van der Waals surface area contributed by atoms with Crippen LogP contribution in [-0.4, -0.2) is 4.92 Å². The molecule has 4 nitrogen and oxygen atoms in total. The van der Waals surface area contributed by atoms with Crippen molar-refractivity contribution in [1.82, 2.24) is 0 Å². The zero-order valence-corrected chi connectivity index (χ0v) is 11.7. The van der Waals surface area contributed by atoms with Crippen LogP contribution in [0.3, 0.4) is 0 Å². The third-order valence-electron chi connectivity index (χ3n) is 2.81. The molecule has 0 radical (unpaired) electrons. The molecule has 110 valence electrons. The molecule has 0 N–H and O–H groups in total. The van der Waals surface area contributed by atoms with E-state index >= 15 is 0 Å². The summed E-state index contributed by atoms with van der Waals surface area (Å²) in [6.07, 6.45) is 0. The Morgan fingerprint density at radius 1 is 1.29 bits per heavy atom. The number of nitro groups is 1. The maximum Gasteiger partial charge on any atom is 0.314 e. The van der Waals surface area contributed by atoms with Crippen LogP contribution in [0.25, 0.3) is 0 Å². The summed E-state index contributed by atoms with van der Waals surface area (Å²) in [6.45, 7) is 1.51. The fourth-order valence-corrected chi connectivity index (χ4v) is 2.00. The largest absolute Gasteiger partial charge is 0.444 e. The summed E-state index contributed by atoms with van der Waals surface area (Å²) < 4.78 is 32.7. The third kappa shape index (κ3) is 3.11. The van der Waals surface area contributed by atoms with Crippen molar-refractivity contribution in [3.8, 4) is 11.5 Å². The molecule has 0 saturated heterocycles. The van der Waals surface area contributed by atoms with E-state index in [-0.39, 0.29) is 22.9 Å². The zero-order chi connectivity index (χ0) is 15.6. The first kappa shape index (κ1) is 15.2. The number of aryl methyl sites for hydroxylation is 1. The number of hydrogen-bond acceptors (Lipinski definition) is 3. The van der Waals surface area contributed by atoms with Gasteiger partial charge in [-0.3, -0.25) is 10.1 Å². The van der Waals surface area contributed by atoms with Gasteiger partial charge < -0.3 is 4.74 Å². The molecule has 0 spiro atoms. The Balaban J connectivity index is 2.49. The lowest BCUT2D eigenvalue weighted by molar-refractivity contribution is -0.386. The molecule has 2 rings (SSSR count).